The molecule has 152 valence electrons. The van der Waals surface area contributed by atoms with Gasteiger partial charge < -0.3 is 19.7 Å². The van der Waals surface area contributed by atoms with Crippen molar-refractivity contribution in [3.8, 4) is 0 Å². The zero-order valence-corrected chi connectivity index (χ0v) is 17.2. The topological polar surface area (TPSA) is 46.1 Å². The third kappa shape index (κ3) is 5.94. The molecule has 5 nitrogen and oxygen atoms in total. The fourth-order valence-corrected chi connectivity index (χ4v) is 3.62. The van der Waals surface area contributed by atoms with Gasteiger partial charge in [-0.25, -0.2) is 4.99 Å². The molecule has 2 aromatic rings. The van der Waals surface area contributed by atoms with Gasteiger partial charge in [-0.05, 0) is 48.6 Å². The molecular weight excluding hydrogens is 350 g/mol. The van der Waals surface area contributed by atoms with Crippen molar-refractivity contribution in [3.63, 3.8) is 0 Å². The van der Waals surface area contributed by atoms with Crippen molar-refractivity contribution in [2.45, 2.75) is 38.8 Å². The van der Waals surface area contributed by atoms with Crippen LogP contribution in [-0.2, 0) is 16.0 Å². The average Bonchev–Trinajstić information content (AvgIpc) is 2.74. The highest BCUT2D eigenvalue weighted by molar-refractivity contribution is 5.83. The van der Waals surface area contributed by atoms with Crippen LogP contribution < -0.4 is 5.32 Å². The van der Waals surface area contributed by atoms with Crippen molar-refractivity contribution < 1.29 is 9.47 Å². The SMILES string of the molecule is CCNC(=NCc1ccc2ccccc2c1)N1CCC(OCCCOC)CC1. The van der Waals surface area contributed by atoms with Crippen molar-refractivity contribution in [2.75, 3.05) is 40.0 Å². The second kappa shape index (κ2) is 11.0. The van der Waals surface area contributed by atoms with Gasteiger partial charge in [0.1, 0.15) is 0 Å². The molecule has 0 saturated carbocycles. The Bertz CT molecular complexity index is 754. The molecule has 0 unspecified atom stereocenters. The molecule has 1 fully saturated rings. The summed E-state index contributed by atoms with van der Waals surface area (Å²) in [5.41, 5.74) is 1.24. The van der Waals surface area contributed by atoms with Crippen LogP contribution in [0.15, 0.2) is 47.5 Å². The summed E-state index contributed by atoms with van der Waals surface area (Å²) >= 11 is 0. The van der Waals surface area contributed by atoms with E-state index in [1.807, 2.05) is 0 Å². The number of aliphatic imine (C=N–C) groups is 1. The van der Waals surface area contributed by atoms with Gasteiger partial charge in [0.05, 0.1) is 12.6 Å². The zero-order chi connectivity index (χ0) is 19.6. The fourth-order valence-electron chi connectivity index (χ4n) is 3.62. The Morgan fingerprint density at radius 1 is 1.11 bits per heavy atom. The monoisotopic (exact) mass is 383 g/mol. The van der Waals surface area contributed by atoms with Crippen LogP contribution in [-0.4, -0.2) is 56.9 Å². The van der Waals surface area contributed by atoms with E-state index in [4.69, 9.17) is 14.5 Å². The molecular formula is C23H33N3O2. The van der Waals surface area contributed by atoms with E-state index in [1.165, 1.54) is 16.3 Å². The first kappa shape index (κ1) is 20.6. The predicted molar refractivity (Wildman–Crippen MR) is 116 cm³/mol. The maximum absolute atomic E-state index is 5.98. The first-order valence-corrected chi connectivity index (χ1v) is 10.4. The third-order valence-electron chi connectivity index (χ3n) is 5.15. The molecule has 0 radical (unpaired) electrons. The molecule has 1 N–H and O–H groups in total. The van der Waals surface area contributed by atoms with Gasteiger partial charge in [-0.15, -0.1) is 0 Å². The second-order valence-corrected chi connectivity index (χ2v) is 7.26. The summed E-state index contributed by atoms with van der Waals surface area (Å²) in [4.78, 5) is 7.26. The number of rotatable bonds is 8. The molecule has 0 aromatic heterocycles. The molecule has 0 atom stereocenters. The van der Waals surface area contributed by atoms with Gasteiger partial charge >= 0.3 is 0 Å². The Kier molecular flexibility index (Phi) is 8.12. The second-order valence-electron chi connectivity index (χ2n) is 7.26. The van der Waals surface area contributed by atoms with Gasteiger partial charge in [-0.2, -0.15) is 0 Å². The average molecular weight is 384 g/mol. The Hall–Kier alpha value is -2.11. The first-order chi connectivity index (χ1) is 13.8. The third-order valence-corrected chi connectivity index (χ3v) is 5.15. The van der Waals surface area contributed by atoms with E-state index in [1.54, 1.807) is 7.11 Å². The molecule has 1 aliphatic heterocycles. The number of nitrogens with zero attached hydrogens (tertiary/aromatic N) is 2. The highest BCUT2D eigenvalue weighted by Gasteiger charge is 2.21. The summed E-state index contributed by atoms with van der Waals surface area (Å²) in [6, 6.07) is 15.1. The number of piperidine rings is 1. The quantitative estimate of drug-likeness (QED) is 0.428. The van der Waals surface area contributed by atoms with Crippen LogP contribution in [0.3, 0.4) is 0 Å². The molecule has 1 saturated heterocycles. The number of nitrogens with one attached hydrogen (secondary N) is 1. The highest BCUT2D eigenvalue weighted by atomic mass is 16.5. The first-order valence-electron chi connectivity index (χ1n) is 10.4. The number of likely N-dealkylation sites (tertiary alicyclic amines) is 1. The van der Waals surface area contributed by atoms with Crippen LogP contribution in [0, 0.1) is 0 Å². The van der Waals surface area contributed by atoms with Crippen molar-refractivity contribution in [3.05, 3.63) is 48.0 Å². The lowest BCUT2D eigenvalue weighted by Gasteiger charge is -2.34. The highest BCUT2D eigenvalue weighted by Crippen LogP contribution is 2.17. The van der Waals surface area contributed by atoms with E-state index in [0.29, 0.717) is 12.6 Å². The van der Waals surface area contributed by atoms with Gasteiger partial charge in [0.15, 0.2) is 5.96 Å². The summed E-state index contributed by atoms with van der Waals surface area (Å²) in [5.74, 6) is 1.01. The summed E-state index contributed by atoms with van der Waals surface area (Å²) in [5, 5.41) is 6.00. The van der Waals surface area contributed by atoms with Crippen molar-refractivity contribution in [1.82, 2.24) is 10.2 Å². The number of methoxy groups -OCH3 is 1. The normalized spacial score (nSPS) is 15.9. The molecule has 0 bridgehead atoms. The lowest BCUT2D eigenvalue weighted by molar-refractivity contribution is 0.00990. The number of benzene rings is 2. The van der Waals surface area contributed by atoms with Crippen molar-refractivity contribution in [2.24, 2.45) is 4.99 Å². The minimum atomic E-state index is 0.358. The minimum absolute atomic E-state index is 0.358. The van der Waals surface area contributed by atoms with Crippen molar-refractivity contribution >= 4 is 16.7 Å². The largest absolute Gasteiger partial charge is 0.385 e. The number of guanidine groups is 1. The molecule has 2 aromatic carbocycles. The van der Waals surface area contributed by atoms with Crippen LogP contribution in [0.25, 0.3) is 10.8 Å². The molecule has 0 aliphatic carbocycles. The van der Waals surface area contributed by atoms with Crippen LogP contribution in [0.2, 0.25) is 0 Å². The number of hydrogen-bond donors (Lipinski definition) is 1. The van der Waals surface area contributed by atoms with Crippen molar-refractivity contribution in [1.29, 1.82) is 0 Å². The van der Waals surface area contributed by atoms with E-state index in [9.17, 15) is 0 Å². The number of ether oxygens (including phenoxy) is 2. The number of fused-ring (bicyclic) bond motifs is 1. The zero-order valence-electron chi connectivity index (χ0n) is 17.2. The van der Waals surface area contributed by atoms with E-state index in [2.05, 4.69) is 59.6 Å². The molecule has 1 heterocycles. The number of hydrogen-bond acceptors (Lipinski definition) is 3. The molecule has 28 heavy (non-hydrogen) atoms. The Balaban J connectivity index is 1.55. The lowest BCUT2D eigenvalue weighted by atomic mass is 10.1. The lowest BCUT2D eigenvalue weighted by Crippen LogP contribution is -2.47. The minimum Gasteiger partial charge on any atom is -0.385 e. The van der Waals surface area contributed by atoms with Gasteiger partial charge in [0.2, 0.25) is 0 Å². The van der Waals surface area contributed by atoms with Crippen LogP contribution in [0.4, 0.5) is 0 Å². The van der Waals surface area contributed by atoms with Gasteiger partial charge in [-0.1, -0.05) is 36.4 Å². The van der Waals surface area contributed by atoms with E-state index < -0.39 is 0 Å². The van der Waals surface area contributed by atoms with Gasteiger partial charge in [-0.3, -0.25) is 0 Å². The molecule has 5 heteroatoms. The maximum Gasteiger partial charge on any atom is 0.194 e. The maximum atomic E-state index is 5.98. The van der Waals surface area contributed by atoms with E-state index in [-0.39, 0.29) is 0 Å². The molecule has 1 aliphatic rings. The molecule has 3 rings (SSSR count). The smallest absolute Gasteiger partial charge is 0.194 e. The van der Waals surface area contributed by atoms with E-state index in [0.717, 1.165) is 58.1 Å². The van der Waals surface area contributed by atoms with Gasteiger partial charge in [0, 0.05) is 40.0 Å². The predicted octanol–water partition coefficient (Wildman–Crippen LogP) is 3.82. The molecule has 0 amide bonds. The summed E-state index contributed by atoms with van der Waals surface area (Å²) in [7, 11) is 1.73. The van der Waals surface area contributed by atoms with Crippen LogP contribution in [0.1, 0.15) is 31.7 Å². The van der Waals surface area contributed by atoms with E-state index >= 15 is 0 Å². The van der Waals surface area contributed by atoms with Gasteiger partial charge in [0.25, 0.3) is 0 Å². The Labute approximate surface area is 168 Å². The summed E-state index contributed by atoms with van der Waals surface area (Å²) in [6.07, 6.45) is 3.42. The summed E-state index contributed by atoms with van der Waals surface area (Å²) in [6.45, 7) is 7.22. The summed E-state index contributed by atoms with van der Waals surface area (Å²) < 4.78 is 11.1. The van der Waals surface area contributed by atoms with Crippen LogP contribution >= 0.6 is 0 Å². The molecule has 0 spiro atoms. The Morgan fingerprint density at radius 3 is 2.64 bits per heavy atom. The van der Waals surface area contributed by atoms with Crippen LogP contribution in [0.5, 0.6) is 0 Å². The Morgan fingerprint density at radius 2 is 1.89 bits per heavy atom. The standard InChI is InChI=1S/C23H33N3O2/c1-3-24-23(26-13-11-22(12-14-26)28-16-6-15-27-2)25-18-19-9-10-20-7-4-5-8-21(20)17-19/h4-5,7-10,17,22H,3,6,11-16,18H2,1-2H3,(H,24,25). The fraction of sp³-hybridized carbons (Fsp3) is 0.522.